The van der Waals surface area contributed by atoms with Crippen molar-refractivity contribution in [3.63, 3.8) is 0 Å². The molecule has 0 aliphatic carbocycles. The van der Waals surface area contributed by atoms with E-state index in [1.54, 1.807) is 13.1 Å². The molecule has 174 valence electrons. The number of aryl methyl sites for hydroxylation is 1. The van der Waals surface area contributed by atoms with Gasteiger partial charge in [-0.1, -0.05) is 66.2 Å². The molecule has 0 aliphatic rings. The van der Waals surface area contributed by atoms with Gasteiger partial charge in [-0.2, -0.15) is 13.2 Å². The van der Waals surface area contributed by atoms with Crippen LogP contribution in [0.1, 0.15) is 46.2 Å². The molecule has 2 atom stereocenters. The number of amides is 1. The lowest BCUT2D eigenvalue weighted by molar-refractivity contribution is -0.137. The third-order valence-corrected chi connectivity index (χ3v) is 6.07. The van der Waals surface area contributed by atoms with E-state index >= 15 is 0 Å². The third-order valence-electron chi connectivity index (χ3n) is 5.65. The molecule has 3 aromatic rings. The maximum absolute atomic E-state index is 13.0. The first-order valence-electron chi connectivity index (χ1n) is 10.6. The van der Waals surface area contributed by atoms with Gasteiger partial charge in [-0.15, -0.1) is 0 Å². The number of carbonyl (C=O) groups excluding carboxylic acids is 1. The summed E-state index contributed by atoms with van der Waals surface area (Å²) in [6, 6.07) is 19.7. The summed E-state index contributed by atoms with van der Waals surface area (Å²) >= 11 is 6.19. The van der Waals surface area contributed by atoms with Gasteiger partial charge in [0.25, 0.3) is 0 Å². The second kappa shape index (κ2) is 10.9. The summed E-state index contributed by atoms with van der Waals surface area (Å²) < 4.78 is 39.1. The van der Waals surface area contributed by atoms with Crippen LogP contribution in [0.2, 0.25) is 5.02 Å². The number of hydrogen-bond donors (Lipinski definition) is 2. The van der Waals surface area contributed by atoms with Crippen LogP contribution in [-0.2, 0) is 11.0 Å². The molecule has 0 saturated carbocycles. The molecule has 7 heteroatoms. The van der Waals surface area contributed by atoms with Gasteiger partial charge in [-0.05, 0) is 60.3 Å². The van der Waals surface area contributed by atoms with Crippen LogP contribution in [0.3, 0.4) is 0 Å². The zero-order chi connectivity index (χ0) is 24.0. The van der Waals surface area contributed by atoms with Crippen molar-refractivity contribution in [2.45, 2.75) is 31.5 Å². The van der Waals surface area contributed by atoms with Gasteiger partial charge in [-0.25, -0.2) is 0 Å². The average Bonchev–Trinajstić information content (AvgIpc) is 2.81. The maximum Gasteiger partial charge on any atom is 0.416 e. The van der Waals surface area contributed by atoms with E-state index in [1.807, 2.05) is 49.4 Å². The van der Waals surface area contributed by atoms with Crippen LogP contribution in [0.5, 0.6) is 0 Å². The maximum atomic E-state index is 13.0. The standard InChI is InChI=1S/C26H26ClF3N2O/c1-17-16-20(10-13-23(17)27)22(18-8-11-21(12-9-18)26(28,29)30)14-15-32-24(25(33)31-2)19-6-4-3-5-7-19/h3-13,16,22,24,32H,14-15H2,1-2H3,(H,31,33)/t22-,24-/m1/s1. The van der Waals surface area contributed by atoms with Crippen LogP contribution in [0.25, 0.3) is 0 Å². The molecule has 0 radical (unpaired) electrons. The van der Waals surface area contributed by atoms with Gasteiger partial charge in [0, 0.05) is 18.0 Å². The number of carbonyl (C=O) groups is 1. The molecular formula is C26H26ClF3N2O. The minimum atomic E-state index is -4.39. The van der Waals surface area contributed by atoms with Crippen molar-refractivity contribution >= 4 is 17.5 Å². The van der Waals surface area contributed by atoms with Crippen LogP contribution in [0.4, 0.5) is 13.2 Å². The van der Waals surface area contributed by atoms with Gasteiger partial charge in [0.15, 0.2) is 0 Å². The van der Waals surface area contributed by atoms with E-state index in [1.165, 1.54) is 12.1 Å². The molecule has 0 spiro atoms. The Morgan fingerprint density at radius 1 is 0.939 bits per heavy atom. The fourth-order valence-corrected chi connectivity index (χ4v) is 3.96. The van der Waals surface area contributed by atoms with Crippen LogP contribution in [-0.4, -0.2) is 19.5 Å². The van der Waals surface area contributed by atoms with E-state index in [0.29, 0.717) is 18.0 Å². The SMILES string of the molecule is CNC(=O)[C@H](NCC[C@H](c1ccc(C(F)(F)F)cc1)c1ccc(Cl)c(C)c1)c1ccccc1. The Morgan fingerprint density at radius 2 is 1.58 bits per heavy atom. The molecule has 33 heavy (non-hydrogen) atoms. The Balaban J connectivity index is 1.85. The molecule has 0 bridgehead atoms. The van der Waals surface area contributed by atoms with Crippen LogP contribution in [0, 0.1) is 6.92 Å². The third kappa shape index (κ3) is 6.36. The molecule has 0 unspecified atom stereocenters. The number of hydrogen-bond acceptors (Lipinski definition) is 2. The summed E-state index contributed by atoms with van der Waals surface area (Å²) in [5.41, 5.74) is 2.77. The zero-order valence-corrected chi connectivity index (χ0v) is 19.2. The highest BCUT2D eigenvalue weighted by molar-refractivity contribution is 6.31. The number of alkyl halides is 3. The molecule has 3 aromatic carbocycles. The van der Waals surface area contributed by atoms with E-state index < -0.39 is 17.8 Å². The quantitative estimate of drug-likeness (QED) is 0.404. The van der Waals surface area contributed by atoms with E-state index in [4.69, 9.17) is 11.6 Å². The number of nitrogens with one attached hydrogen (secondary N) is 2. The molecule has 0 fully saturated rings. The number of rotatable bonds is 8. The molecule has 3 nitrogen and oxygen atoms in total. The van der Waals surface area contributed by atoms with Gasteiger partial charge in [0.2, 0.25) is 5.91 Å². The molecule has 2 N–H and O–H groups in total. The van der Waals surface area contributed by atoms with Crippen molar-refractivity contribution in [3.8, 4) is 0 Å². The van der Waals surface area contributed by atoms with Gasteiger partial charge < -0.3 is 10.6 Å². The molecule has 3 rings (SSSR count). The predicted octanol–water partition coefficient (Wildman–Crippen LogP) is 6.27. The van der Waals surface area contributed by atoms with E-state index in [0.717, 1.165) is 34.4 Å². The molecule has 0 aromatic heterocycles. The van der Waals surface area contributed by atoms with Crippen molar-refractivity contribution in [1.29, 1.82) is 0 Å². The fraction of sp³-hybridized carbons (Fsp3) is 0.269. The van der Waals surface area contributed by atoms with Crippen molar-refractivity contribution in [2.75, 3.05) is 13.6 Å². The van der Waals surface area contributed by atoms with Crippen molar-refractivity contribution in [2.24, 2.45) is 0 Å². The number of likely N-dealkylation sites (N-methyl/N-ethyl adjacent to an activating group) is 1. The van der Waals surface area contributed by atoms with Crippen molar-refractivity contribution in [1.82, 2.24) is 10.6 Å². The lowest BCUT2D eigenvalue weighted by atomic mass is 9.87. The van der Waals surface area contributed by atoms with Crippen LogP contribution in [0.15, 0.2) is 72.8 Å². The smallest absolute Gasteiger partial charge is 0.358 e. The number of halogens is 4. The van der Waals surface area contributed by atoms with Crippen molar-refractivity contribution in [3.05, 3.63) is 106 Å². The Labute approximate surface area is 197 Å². The first kappa shape index (κ1) is 24.8. The average molecular weight is 475 g/mol. The molecular weight excluding hydrogens is 449 g/mol. The van der Waals surface area contributed by atoms with Crippen LogP contribution < -0.4 is 10.6 Å². The van der Waals surface area contributed by atoms with E-state index in [-0.39, 0.29) is 11.8 Å². The first-order chi connectivity index (χ1) is 15.7. The summed E-state index contributed by atoms with van der Waals surface area (Å²) in [5.74, 6) is -0.327. The molecule has 0 saturated heterocycles. The van der Waals surface area contributed by atoms with Gasteiger partial charge >= 0.3 is 6.18 Å². The Morgan fingerprint density at radius 3 is 2.15 bits per heavy atom. The Bertz CT molecular complexity index is 1070. The minimum absolute atomic E-state index is 0.158. The lowest BCUT2D eigenvalue weighted by Crippen LogP contribution is -2.36. The fourth-order valence-electron chi connectivity index (χ4n) is 3.84. The van der Waals surface area contributed by atoms with Gasteiger partial charge in [-0.3, -0.25) is 4.79 Å². The molecule has 0 heterocycles. The monoisotopic (exact) mass is 474 g/mol. The first-order valence-corrected chi connectivity index (χ1v) is 11.0. The second-order valence-corrected chi connectivity index (χ2v) is 8.29. The van der Waals surface area contributed by atoms with Gasteiger partial charge in [0.1, 0.15) is 6.04 Å². The summed E-state index contributed by atoms with van der Waals surface area (Å²) in [6.45, 7) is 2.37. The second-order valence-electron chi connectivity index (χ2n) is 7.88. The Hall–Kier alpha value is -2.83. The Kier molecular flexibility index (Phi) is 8.16. The topological polar surface area (TPSA) is 41.1 Å². The van der Waals surface area contributed by atoms with E-state index in [9.17, 15) is 18.0 Å². The lowest BCUT2D eigenvalue weighted by Gasteiger charge is -2.22. The largest absolute Gasteiger partial charge is 0.416 e. The summed E-state index contributed by atoms with van der Waals surface area (Å²) in [4.78, 5) is 12.4. The highest BCUT2D eigenvalue weighted by atomic mass is 35.5. The van der Waals surface area contributed by atoms with Crippen LogP contribution >= 0.6 is 11.6 Å². The highest BCUT2D eigenvalue weighted by Crippen LogP contribution is 2.34. The summed E-state index contributed by atoms with van der Waals surface area (Å²) in [5, 5.41) is 6.61. The van der Waals surface area contributed by atoms with Gasteiger partial charge in [0.05, 0.1) is 5.56 Å². The normalized spacial score (nSPS) is 13.4. The van der Waals surface area contributed by atoms with E-state index in [2.05, 4.69) is 10.6 Å². The molecule has 1 amide bonds. The minimum Gasteiger partial charge on any atom is -0.358 e. The molecule has 0 aliphatic heterocycles. The predicted molar refractivity (Wildman–Crippen MR) is 125 cm³/mol. The highest BCUT2D eigenvalue weighted by Gasteiger charge is 2.30. The zero-order valence-electron chi connectivity index (χ0n) is 18.4. The number of benzene rings is 3. The summed E-state index contributed by atoms with van der Waals surface area (Å²) in [7, 11) is 1.58. The van der Waals surface area contributed by atoms with Crippen molar-refractivity contribution < 1.29 is 18.0 Å². The summed E-state index contributed by atoms with van der Waals surface area (Å²) in [6.07, 6.45) is -3.81.